The van der Waals surface area contributed by atoms with Crippen LogP contribution in [0.15, 0.2) is 30.5 Å². The third-order valence-corrected chi connectivity index (χ3v) is 4.85. The Balaban J connectivity index is 1.66. The van der Waals surface area contributed by atoms with Crippen LogP contribution in [0, 0.1) is 0 Å². The number of aliphatic hydroxyl groups excluding tert-OH is 1. The van der Waals surface area contributed by atoms with Gasteiger partial charge in [-0.25, -0.2) is 4.98 Å². The molecule has 0 spiro atoms. The van der Waals surface area contributed by atoms with E-state index in [9.17, 15) is 9.90 Å². The number of nitrogens with zero attached hydrogens (tertiary/aromatic N) is 4. The Bertz CT molecular complexity index is 1080. The van der Waals surface area contributed by atoms with Crippen molar-refractivity contribution in [2.24, 2.45) is 0 Å². The molecule has 2 aromatic heterocycles. The number of aromatic nitrogens is 3. The predicted octanol–water partition coefficient (Wildman–Crippen LogP) is 2.02. The highest BCUT2D eigenvalue weighted by Crippen LogP contribution is 2.32. The minimum absolute atomic E-state index is 0.0174. The lowest BCUT2D eigenvalue weighted by molar-refractivity contribution is -0.114. The van der Waals surface area contributed by atoms with Crippen LogP contribution in [0.1, 0.15) is 19.8 Å². The Hall–Kier alpha value is -3.53. The monoisotopic (exact) mass is 410 g/mol. The predicted molar refractivity (Wildman–Crippen MR) is 118 cm³/mol. The number of carbonyl (C=O) groups is 1. The van der Waals surface area contributed by atoms with Crippen molar-refractivity contribution < 1.29 is 9.90 Å². The fraction of sp³-hybridized carbons (Fsp3) is 0.350. The van der Waals surface area contributed by atoms with Crippen LogP contribution in [-0.2, 0) is 4.79 Å². The van der Waals surface area contributed by atoms with Crippen LogP contribution in [0.2, 0.25) is 0 Å². The molecule has 1 fully saturated rings. The third kappa shape index (κ3) is 4.23. The standard InChI is InChI=1S/C20H26N8O2/c1-12(30)23-16-9-14(5-6-17(16)27(2)7-8-29)24-18-10-19(25-13-3-4-13)28-20(26-18)15(21)11-22-28/h5-6,9-11,13,25,29H,3-4,7-8,21H2,1-2H3,(H,23,30)(H,24,26). The Morgan fingerprint density at radius 2 is 2.17 bits per heavy atom. The highest BCUT2D eigenvalue weighted by molar-refractivity contribution is 5.94. The molecule has 3 aromatic rings. The van der Waals surface area contributed by atoms with E-state index in [2.05, 4.69) is 26.0 Å². The second kappa shape index (κ2) is 8.07. The summed E-state index contributed by atoms with van der Waals surface area (Å²) < 4.78 is 1.70. The van der Waals surface area contributed by atoms with Crippen molar-refractivity contribution >= 4 is 45.9 Å². The van der Waals surface area contributed by atoms with E-state index in [1.807, 2.05) is 36.2 Å². The Labute approximate surface area is 174 Å². The van der Waals surface area contributed by atoms with Crippen LogP contribution >= 0.6 is 0 Å². The zero-order valence-corrected chi connectivity index (χ0v) is 17.0. The van der Waals surface area contributed by atoms with E-state index in [-0.39, 0.29) is 12.5 Å². The van der Waals surface area contributed by atoms with E-state index in [4.69, 9.17) is 5.73 Å². The first-order chi connectivity index (χ1) is 14.4. The average molecular weight is 410 g/mol. The number of anilines is 6. The van der Waals surface area contributed by atoms with E-state index >= 15 is 0 Å². The summed E-state index contributed by atoms with van der Waals surface area (Å²) in [6.45, 7) is 1.93. The molecule has 1 aliphatic rings. The first kappa shape index (κ1) is 19.8. The summed E-state index contributed by atoms with van der Waals surface area (Å²) in [5, 5.41) is 23.1. The zero-order chi connectivity index (χ0) is 21.3. The first-order valence-corrected chi connectivity index (χ1v) is 9.86. The lowest BCUT2D eigenvalue weighted by atomic mass is 10.2. The van der Waals surface area contributed by atoms with Gasteiger partial charge in [-0.3, -0.25) is 4.79 Å². The number of nitrogen functional groups attached to an aromatic ring is 1. The van der Waals surface area contributed by atoms with Gasteiger partial charge in [-0.15, -0.1) is 0 Å². The van der Waals surface area contributed by atoms with Crippen molar-refractivity contribution in [1.29, 1.82) is 0 Å². The van der Waals surface area contributed by atoms with Gasteiger partial charge in [-0.05, 0) is 31.0 Å². The van der Waals surface area contributed by atoms with Crippen molar-refractivity contribution in [2.45, 2.75) is 25.8 Å². The average Bonchev–Trinajstić information content (AvgIpc) is 3.43. The first-order valence-electron chi connectivity index (χ1n) is 9.86. The third-order valence-electron chi connectivity index (χ3n) is 4.85. The second-order valence-corrected chi connectivity index (χ2v) is 7.46. The number of hydrogen-bond donors (Lipinski definition) is 5. The quantitative estimate of drug-likeness (QED) is 0.381. The van der Waals surface area contributed by atoms with Gasteiger partial charge in [0.15, 0.2) is 5.65 Å². The normalized spacial score (nSPS) is 13.3. The number of rotatable bonds is 8. The molecule has 10 heteroatoms. The molecule has 1 saturated carbocycles. The molecule has 0 saturated heterocycles. The molecule has 1 amide bonds. The Kier molecular flexibility index (Phi) is 5.32. The van der Waals surface area contributed by atoms with E-state index < -0.39 is 0 Å². The highest BCUT2D eigenvalue weighted by Gasteiger charge is 2.23. The van der Waals surface area contributed by atoms with Crippen molar-refractivity contribution in [1.82, 2.24) is 14.6 Å². The maximum absolute atomic E-state index is 11.7. The molecule has 1 aliphatic carbocycles. The van der Waals surface area contributed by atoms with Gasteiger partial charge in [0.05, 0.1) is 29.9 Å². The van der Waals surface area contributed by atoms with Crippen LogP contribution in [0.3, 0.4) is 0 Å². The number of fused-ring (bicyclic) bond motifs is 1. The molecule has 10 nitrogen and oxygen atoms in total. The number of hydrogen-bond acceptors (Lipinski definition) is 8. The summed E-state index contributed by atoms with van der Waals surface area (Å²) in [4.78, 5) is 18.1. The van der Waals surface area contributed by atoms with Crippen molar-refractivity contribution in [3.63, 3.8) is 0 Å². The molecule has 0 aliphatic heterocycles. The van der Waals surface area contributed by atoms with Crippen LogP contribution in [-0.4, -0.2) is 51.9 Å². The van der Waals surface area contributed by atoms with Gasteiger partial charge in [0.2, 0.25) is 5.91 Å². The summed E-state index contributed by atoms with van der Waals surface area (Å²) in [5.74, 6) is 1.26. The summed E-state index contributed by atoms with van der Waals surface area (Å²) in [7, 11) is 1.86. The Morgan fingerprint density at radius 1 is 1.37 bits per heavy atom. The zero-order valence-electron chi connectivity index (χ0n) is 17.0. The number of benzene rings is 1. The molecule has 0 radical (unpaired) electrons. The van der Waals surface area contributed by atoms with Gasteiger partial charge < -0.3 is 31.7 Å². The largest absolute Gasteiger partial charge is 0.395 e. The van der Waals surface area contributed by atoms with Gasteiger partial charge in [-0.2, -0.15) is 9.61 Å². The topological polar surface area (TPSA) is 133 Å². The van der Waals surface area contributed by atoms with Gasteiger partial charge >= 0.3 is 0 Å². The summed E-state index contributed by atoms with van der Waals surface area (Å²) >= 11 is 0. The summed E-state index contributed by atoms with van der Waals surface area (Å²) in [6, 6.07) is 7.96. The van der Waals surface area contributed by atoms with Gasteiger partial charge in [0, 0.05) is 38.3 Å². The van der Waals surface area contributed by atoms with E-state index in [1.54, 1.807) is 10.7 Å². The molecule has 4 rings (SSSR count). The van der Waals surface area contributed by atoms with E-state index in [0.717, 1.165) is 30.0 Å². The Morgan fingerprint density at radius 3 is 2.87 bits per heavy atom. The van der Waals surface area contributed by atoms with E-state index in [0.29, 0.717) is 35.4 Å². The molecule has 30 heavy (non-hydrogen) atoms. The van der Waals surface area contributed by atoms with Crippen LogP contribution in [0.5, 0.6) is 0 Å². The number of nitrogens with two attached hydrogens (primary N) is 1. The van der Waals surface area contributed by atoms with Gasteiger partial charge in [-0.1, -0.05) is 0 Å². The van der Waals surface area contributed by atoms with Gasteiger partial charge in [0.1, 0.15) is 11.6 Å². The molecule has 0 unspecified atom stereocenters. The lowest BCUT2D eigenvalue weighted by Gasteiger charge is -2.22. The number of nitrogens with one attached hydrogen (secondary N) is 3. The maximum atomic E-state index is 11.7. The van der Waals surface area contributed by atoms with Crippen molar-refractivity contribution in [2.75, 3.05) is 46.8 Å². The van der Waals surface area contributed by atoms with Crippen LogP contribution < -0.4 is 26.6 Å². The molecule has 0 atom stereocenters. The SMILES string of the molecule is CC(=O)Nc1cc(Nc2cc(NC3CC3)n3ncc(N)c3n2)ccc1N(C)CCO. The number of likely N-dealkylation sites (N-methyl/N-ethyl adjacent to an activating group) is 1. The lowest BCUT2D eigenvalue weighted by Crippen LogP contribution is -2.23. The molecule has 158 valence electrons. The molecular weight excluding hydrogens is 384 g/mol. The number of aliphatic hydroxyl groups is 1. The summed E-state index contributed by atoms with van der Waals surface area (Å²) in [6.07, 6.45) is 3.85. The smallest absolute Gasteiger partial charge is 0.221 e. The summed E-state index contributed by atoms with van der Waals surface area (Å²) in [5.41, 5.74) is 9.32. The molecule has 6 N–H and O–H groups in total. The minimum atomic E-state index is -0.173. The number of amides is 1. The van der Waals surface area contributed by atoms with Crippen LogP contribution in [0.4, 0.5) is 34.4 Å². The van der Waals surface area contributed by atoms with Crippen molar-refractivity contribution in [3.8, 4) is 0 Å². The molecule has 1 aromatic carbocycles. The highest BCUT2D eigenvalue weighted by atomic mass is 16.3. The maximum Gasteiger partial charge on any atom is 0.221 e. The number of carbonyl (C=O) groups excluding carboxylic acids is 1. The molecule has 0 bridgehead atoms. The van der Waals surface area contributed by atoms with Crippen molar-refractivity contribution in [3.05, 3.63) is 30.5 Å². The fourth-order valence-corrected chi connectivity index (χ4v) is 3.24. The van der Waals surface area contributed by atoms with E-state index in [1.165, 1.54) is 6.92 Å². The second-order valence-electron chi connectivity index (χ2n) is 7.46. The van der Waals surface area contributed by atoms with Crippen LogP contribution in [0.25, 0.3) is 5.65 Å². The fourth-order valence-electron chi connectivity index (χ4n) is 3.24. The molecular formula is C20H26N8O2. The minimum Gasteiger partial charge on any atom is -0.395 e. The van der Waals surface area contributed by atoms with Gasteiger partial charge in [0.25, 0.3) is 0 Å². The molecule has 2 heterocycles.